The van der Waals surface area contributed by atoms with Crippen LogP contribution in [0.15, 0.2) is 36.4 Å². The van der Waals surface area contributed by atoms with Gasteiger partial charge in [-0.15, -0.1) is 0 Å². The number of benzene rings is 2. The van der Waals surface area contributed by atoms with Gasteiger partial charge < -0.3 is 19.1 Å². The Morgan fingerprint density at radius 1 is 1.03 bits per heavy atom. The van der Waals surface area contributed by atoms with Gasteiger partial charge in [-0.3, -0.25) is 14.0 Å². The molecule has 0 saturated heterocycles. The van der Waals surface area contributed by atoms with Crippen molar-refractivity contribution in [3.8, 4) is 17.2 Å². The molecule has 4 rings (SSSR count). The number of sulfonamides is 1. The van der Waals surface area contributed by atoms with Crippen LogP contribution in [-0.4, -0.2) is 82.4 Å². The van der Waals surface area contributed by atoms with Crippen molar-refractivity contribution in [2.75, 3.05) is 56.6 Å². The molecule has 1 amide bonds. The summed E-state index contributed by atoms with van der Waals surface area (Å²) in [6, 6.07) is 10.6. The highest BCUT2D eigenvalue weighted by Crippen LogP contribution is 2.34. The van der Waals surface area contributed by atoms with E-state index in [0.29, 0.717) is 79.3 Å². The minimum absolute atomic E-state index is 0.167. The maximum absolute atomic E-state index is 13.4. The lowest BCUT2D eigenvalue weighted by atomic mass is 10.1. The van der Waals surface area contributed by atoms with E-state index in [2.05, 4.69) is 18.7 Å². The van der Waals surface area contributed by atoms with Crippen LogP contribution in [0.5, 0.6) is 17.2 Å². The first-order valence-corrected chi connectivity index (χ1v) is 14.6. The van der Waals surface area contributed by atoms with Crippen LogP contribution < -0.4 is 18.5 Å². The summed E-state index contributed by atoms with van der Waals surface area (Å²) in [4.78, 5) is 17.4. The highest BCUT2D eigenvalue weighted by molar-refractivity contribution is 7.92. The molecule has 202 valence electrons. The van der Waals surface area contributed by atoms with Crippen LogP contribution in [0.25, 0.3) is 0 Å². The van der Waals surface area contributed by atoms with Crippen molar-refractivity contribution in [1.82, 2.24) is 9.80 Å². The van der Waals surface area contributed by atoms with Gasteiger partial charge in [0.15, 0.2) is 18.1 Å². The van der Waals surface area contributed by atoms with E-state index in [0.717, 1.165) is 0 Å². The van der Waals surface area contributed by atoms with Gasteiger partial charge in [-0.05, 0) is 50.1 Å². The molecular weight excluding hydrogens is 518 g/mol. The van der Waals surface area contributed by atoms with E-state index in [1.54, 1.807) is 41.3 Å². The van der Waals surface area contributed by atoms with Crippen molar-refractivity contribution >= 4 is 33.2 Å². The number of rotatable bonds is 5. The number of fused-ring (bicyclic) bond motifs is 2. The normalized spacial score (nSPS) is 17.2. The number of carbonyl (C=O) groups excluding carboxylic acids is 1. The van der Waals surface area contributed by atoms with Gasteiger partial charge in [0.25, 0.3) is 5.91 Å². The van der Waals surface area contributed by atoms with Gasteiger partial charge in [0.05, 0.1) is 11.9 Å². The van der Waals surface area contributed by atoms with Crippen molar-refractivity contribution in [3.05, 3.63) is 47.0 Å². The van der Waals surface area contributed by atoms with Gasteiger partial charge in [0, 0.05) is 49.9 Å². The smallest absolute Gasteiger partial charge is 0.260 e. The standard InChI is InChI=1S/C26H34ClN3O6S/c1-19(2)28-9-4-10-30(37(3,32)33)23-15-21(27)6-5-20(23)17-29(12-11-28)26(31)18-36-22-7-8-24-25(16-22)35-14-13-34-24/h5-8,15-16,19H,4,9-14,17-18H2,1-3H3. The zero-order valence-electron chi connectivity index (χ0n) is 21.5. The molecule has 0 aliphatic carbocycles. The predicted octanol–water partition coefficient (Wildman–Crippen LogP) is 3.40. The molecule has 2 aliphatic heterocycles. The molecule has 9 nitrogen and oxygen atoms in total. The Labute approximate surface area is 223 Å². The van der Waals surface area contributed by atoms with E-state index in [-0.39, 0.29) is 25.1 Å². The SMILES string of the molecule is CC(C)N1CCCN(S(C)(=O)=O)c2cc(Cl)ccc2CN(C(=O)COc2ccc3c(c2)OCCO3)CC1. The Balaban J connectivity index is 1.59. The fourth-order valence-electron chi connectivity index (χ4n) is 4.51. The molecule has 37 heavy (non-hydrogen) atoms. The van der Waals surface area contributed by atoms with Crippen LogP contribution in [0.3, 0.4) is 0 Å². The molecule has 0 aromatic heterocycles. The van der Waals surface area contributed by atoms with Gasteiger partial charge in [-0.1, -0.05) is 17.7 Å². The summed E-state index contributed by atoms with van der Waals surface area (Å²) in [5.74, 6) is 1.54. The summed E-state index contributed by atoms with van der Waals surface area (Å²) < 4.78 is 43.9. The number of hydrogen-bond donors (Lipinski definition) is 0. The summed E-state index contributed by atoms with van der Waals surface area (Å²) in [7, 11) is -3.56. The van der Waals surface area contributed by atoms with E-state index in [4.69, 9.17) is 25.8 Å². The number of amides is 1. The van der Waals surface area contributed by atoms with Crippen LogP contribution in [0.1, 0.15) is 25.8 Å². The monoisotopic (exact) mass is 551 g/mol. The molecule has 0 N–H and O–H groups in total. The van der Waals surface area contributed by atoms with E-state index < -0.39 is 10.0 Å². The Kier molecular flexibility index (Phi) is 8.71. The molecule has 2 aromatic rings. The largest absolute Gasteiger partial charge is 0.486 e. The molecule has 2 aliphatic rings. The number of carbonyl (C=O) groups is 1. The first kappa shape index (κ1) is 27.3. The molecular formula is C26H34ClN3O6S. The number of nitrogens with zero attached hydrogens (tertiary/aromatic N) is 3. The highest BCUT2D eigenvalue weighted by Gasteiger charge is 2.26. The molecule has 0 atom stereocenters. The molecule has 2 heterocycles. The molecule has 0 spiro atoms. The third kappa shape index (κ3) is 7.00. The minimum Gasteiger partial charge on any atom is -0.486 e. The molecule has 0 saturated carbocycles. The number of halogens is 1. The van der Waals surface area contributed by atoms with Crippen LogP contribution in [-0.2, 0) is 21.4 Å². The van der Waals surface area contributed by atoms with Gasteiger partial charge in [-0.25, -0.2) is 8.42 Å². The average Bonchev–Trinajstić information content (AvgIpc) is 2.89. The van der Waals surface area contributed by atoms with E-state index in [1.807, 2.05) is 0 Å². The first-order chi connectivity index (χ1) is 17.6. The number of anilines is 1. The third-order valence-electron chi connectivity index (χ3n) is 6.50. The maximum atomic E-state index is 13.4. The van der Waals surface area contributed by atoms with Crippen molar-refractivity contribution in [3.63, 3.8) is 0 Å². The van der Waals surface area contributed by atoms with E-state index in [1.165, 1.54) is 10.6 Å². The summed E-state index contributed by atoms with van der Waals surface area (Å²) in [5.41, 5.74) is 1.21. The lowest BCUT2D eigenvalue weighted by Crippen LogP contribution is -2.42. The topological polar surface area (TPSA) is 88.6 Å². The Morgan fingerprint density at radius 2 is 1.78 bits per heavy atom. The zero-order valence-corrected chi connectivity index (χ0v) is 23.1. The minimum atomic E-state index is -3.56. The number of hydrogen-bond acceptors (Lipinski definition) is 7. The average molecular weight is 552 g/mol. The first-order valence-electron chi connectivity index (χ1n) is 12.4. The Morgan fingerprint density at radius 3 is 2.51 bits per heavy atom. The Hall–Kier alpha value is -2.69. The second-order valence-electron chi connectivity index (χ2n) is 9.50. The Bertz CT molecular complexity index is 1220. The molecule has 0 radical (unpaired) electrons. The van der Waals surface area contributed by atoms with Gasteiger partial charge in [0.1, 0.15) is 19.0 Å². The van der Waals surface area contributed by atoms with Crippen molar-refractivity contribution in [2.45, 2.75) is 32.9 Å². The van der Waals surface area contributed by atoms with Crippen molar-refractivity contribution < 1.29 is 27.4 Å². The van der Waals surface area contributed by atoms with Crippen molar-refractivity contribution in [1.29, 1.82) is 0 Å². The zero-order chi connectivity index (χ0) is 26.6. The molecule has 11 heteroatoms. The molecule has 0 unspecified atom stereocenters. The quantitative estimate of drug-likeness (QED) is 0.563. The van der Waals surface area contributed by atoms with Crippen LogP contribution in [0, 0.1) is 0 Å². The van der Waals surface area contributed by atoms with Crippen LogP contribution in [0.4, 0.5) is 5.69 Å². The second kappa shape index (κ2) is 11.8. The summed E-state index contributed by atoms with van der Waals surface area (Å²) in [5, 5.41) is 0.436. The third-order valence-corrected chi connectivity index (χ3v) is 7.92. The lowest BCUT2D eigenvalue weighted by molar-refractivity contribution is -0.134. The molecule has 2 aromatic carbocycles. The fraction of sp³-hybridized carbons (Fsp3) is 0.500. The second-order valence-corrected chi connectivity index (χ2v) is 11.8. The van der Waals surface area contributed by atoms with E-state index in [9.17, 15) is 13.2 Å². The van der Waals surface area contributed by atoms with Crippen LogP contribution >= 0.6 is 11.6 Å². The summed E-state index contributed by atoms with van der Waals surface area (Å²) >= 11 is 6.27. The predicted molar refractivity (Wildman–Crippen MR) is 143 cm³/mol. The maximum Gasteiger partial charge on any atom is 0.260 e. The fourth-order valence-corrected chi connectivity index (χ4v) is 5.66. The summed E-state index contributed by atoms with van der Waals surface area (Å²) in [6.45, 7) is 7.39. The van der Waals surface area contributed by atoms with Gasteiger partial charge >= 0.3 is 0 Å². The van der Waals surface area contributed by atoms with Gasteiger partial charge in [-0.2, -0.15) is 0 Å². The van der Waals surface area contributed by atoms with Gasteiger partial charge in [0.2, 0.25) is 10.0 Å². The van der Waals surface area contributed by atoms with E-state index >= 15 is 0 Å². The lowest BCUT2D eigenvalue weighted by Gasteiger charge is -2.30. The van der Waals surface area contributed by atoms with Crippen molar-refractivity contribution in [2.24, 2.45) is 0 Å². The highest BCUT2D eigenvalue weighted by atomic mass is 35.5. The molecule has 0 bridgehead atoms. The van der Waals surface area contributed by atoms with Crippen LogP contribution in [0.2, 0.25) is 5.02 Å². The molecule has 0 fully saturated rings. The number of ether oxygens (including phenoxy) is 3. The summed E-state index contributed by atoms with van der Waals surface area (Å²) in [6.07, 6.45) is 1.85.